The van der Waals surface area contributed by atoms with E-state index in [1.54, 1.807) is 0 Å². The number of piperidine rings is 1. The first-order chi connectivity index (χ1) is 12.4. The number of sulfonamides is 1. The van der Waals surface area contributed by atoms with Crippen LogP contribution in [0.25, 0.3) is 0 Å². The molecule has 140 valence electrons. The Balaban J connectivity index is 1.58. The van der Waals surface area contributed by atoms with Gasteiger partial charge in [0.15, 0.2) is 0 Å². The molecule has 1 N–H and O–H groups in total. The Bertz CT molecular complexity index is 846. The lowest BCUT2D eigenvalue weighted by Gasteiger charge is -2.32. The molecular weight excluding hydrogens is 375 g/mol. The second-order valence-corrected chi connectivity index (χ2v) is 8.80. The van der Waals surface area contributed by atoms with Crippen molar-refractivity contribution in [2.45, 2.75) is 24.3 Å². The molecule has 1 unspecified atom stereocenters. The van der Waals surface area contributed by atoms with Gasteiger partial charge in [-0.1, -0.05) is 41.9 Å². The SMILES string of the molecule is O=S(=O)(NCC1CCCN(Cc2ccccc2)C1)c1ccc(F)cc1Cl. The molecule has 4 nitrogen and oxygen atoms in total. The summed E-state index contributed by atoms with van der Waals surface area (Å²) in [6, 6.07) is 13.6. The highest BCUT2D eigenvalue weighted by atomic mass is 35.5. The van der Waals surface area contributed by atoms with Gasteiger partial charge >= 0.3 is 0 Å². The number of hydrogen-bond acceptors (Lipinski definition) is 3. The van der Waals surface area contributed by atoms with Crippen LogP contribution in [-0.4, -0.2) is 33.0 Å². The largest absolute Gasteiger partial charge is 0.299 e. The molecule has 0 saturated carbocycles. The van der Waals surface area contributed by atoms with E-state index >= 15 is 0 Å². The van der Waals surface area contributed by atoms with Gasteiger partial charge in [-0.3, -0.25) is 4.90 Å². The predicted molar refractivity (Wildman–Crippen MR) is 101 cm³/mol. The average molecular weight is 397 g/mol. The summed E-state index contributed by atoms with van der Waals surface area (Å²) in [4.78, 5) is 2.26. The normalized spacial score (nSPS) is 18.8. The summed E-state index contributed by atoms with van der Waals surface area (Å²) in [5.74, 6) is -0.320. The van der Waals surface area contributed by atoms with Crippen molar-refractivity contribution >= 4 is 21.6 Å². The van der Waals surface area contributed by atoms with Gasteiger partial charge in [-0.05, 0) is 49.1 Å². The van der Waals surface area contributed by atoms with Gasteiger partial charge in [0, 0.05) is 19.6 Å². The number of likely N-dealkylation sites (tertiary alicyclic amines) is 1. The van der Waals surface area contributed by atoms with E-state index in [2.05, 4.69) is 21.8 Å². The van der Waals surface area contributed by atoms with Crippen LogP contribution in [0.3, 0.4) is 0 Å². The van der Waals surface area contributed by atoms with Crippen LogP contribution in [0.2, 0.25) is 5.02 Å². The number of halogens is 2. The molecule has 1 saturated heterocycles. The highest BCUT2D eigenvalue weighted by Crippen LogP contribution is 2.23. The van der Waals surface area contributed by atoms with Gasteiger partial charge in [-0.2, -0.15) is 0 Å². The van der Waals surface area contributed by atoms with Crippen LogP contribution in [0.4, 0.5) is 4.39 Å². The maximum Gasteiger partial charge on any atom is 0.242 e. The minimum atomic E-state index is -3.75. The first kappa shape index (κ1) is 19.3. The van der Waals surface area contributed by atoms with Gasteiger partial charge in [0.25, 0.3) is 0 Å². The molecule has 7 heteroatoms. The summed E-state index contributed by atoms with van der Waals surface area (Å²) in [6.07, 6.45) is 2.02. The molecule has 0 amide bonds. The van der Waals surface area contributed by atoms with E-state index in [4.69, 9.17) is 11.6 Å². The van der Waals surface area contributed by atoms with Gasteiger partial charge in [-0.25, -0.2) is 17.5 Å². The molecule has 1 heterocycles. The van der Waals surface area contributed by atoms with Crippen molar-refractivity contribution < 1.29 is 12.8 Å². The molecular formula is C19H22ClFN2O2S. The summed E-state index contributed by atoms with van der Waals surface area (Å²) in [5, 5.41) is -0.105. The van der Waals surface area contributed by atoms with Crippen LogP contribution in [-0.2, 0) is 16.6 Å². The lowest BCUT2D eigenvalue weighted by atomic mass is 9.98. The van der Waals surface area contributed by atoms with E-state index in [0.29, 0.717) is 6.54 Å². The summed E-state index contributed by atoms with van der Waals surface area (Å²) >= 11 is 5.88. The molecule has 1 aliphatic rings. The van der Waals surface area contributed by atoms with Crippen LogP contribution < -0.4 is 4.72 Å². The first-order valence-corrected chi connectivity index (χ1v) is 10.5. The Morgan fingerprint density at radius 2 is 1.96 bits per heavy atom. The van der Waals surface area contributed by atoms with Crippen LogP contribution >= 0.6 is 11.6 Å². The predicted octanol–water partition coefficient (Wildman–Crippen LogP) is 3.67. The lowest BCUT2D eigenvalue weighted by molar-refractivity contribution is 0.169. The lowest BCUT2D eigenvalue weighted by Crippen LogP contribution is -2.40. The van der Waals surface area contributed by atoms with Crippen LogP contribution in [0.5, 0.6) is 0 Å². The maximum absolute atomic E-state index is 13.1. The van der Waals surface area contributed by atoms with Crippen LogP contribution in [0.15, 0.2) is 53.4 Å². The Morgan fingerprint density at radius 1 is 1.19 bits per heavy atom. The van der Waals surface area contributed by atoms with E-state index in [9.17, 15) is 12.8 Å². The quantitative estimate of drug-likeness (QED) is 0.810. The molecule has 0 spiro atoms. The monoisotopic (exact) mass is 396 g/mol. The molecule has 1 fully saturated rings. The molecule has 2 aromatic rings. The number of hydrogen-bond donors (Lipinski definition) is 1. The average Bonchev–Trinajstić information content (AvgIpc) is 2.61. The molecule has 3 rings (SSSR count). The van der Waals surface area contributed by atoms with Crippen molar-refractivity contribution in [2.75, 3.05) is 19.6 Å². The number of benzene rings is 2. The third-order valence-electron chi connectivity index (χ3n) is 4.60. The Labute approximate surface area is 159 Å². The smallest absolute Gasteiger partial charge is 0.242 e. The molecule has 1 atom stereocenters. The van der Waals surface area contributed by atoms with Gasteiger partial charge in [0.1, 0.15) is 10.7 Å². The zero-order valence-corrected chi connectivity index (χ0v) is 15.9. The van der Waals surface area contributed by atoms with Crippen molar-refractivity contribution in [3.05, 3.63) is 64.9 Å². The highest BCUT2D eigenvalue weighted by molar-refractivity contribution is 7.89. The van der Waals surface area contributed by atoms with Gasteiger partial charge in [0.2, 0.25) is 10.0 Å². The first-order valence-electron chi connectivity index (χ1n) is 8.65. The van der Waals surface area contributed by atoms with E-state index in [-0.39, 0.29) is 15.8 Å². The fraction of sp³-hybridized carbons (Fsp3) is 0.368. The molecule has 0 bridgehead atoms. The molecule has 1 aliphatic heterocycles. The molecule has 0 aromatic heterocycles. The fourth-order valence-corrected chi connectivity index (χ4v) is 4.95. The van der Waals surface area contributed by atoms with E-state index < -0.39 is 15.8 Å². The van der Waals surface area contributed by atoms with Crippen molar-refractivity contribution in [1.82, 2.24) is 9.62 Å². The molecule has 0 radical (unpaired) electrons. The van der Waals surface area contributed by atoms with E-state index in [1.807, 2.05) is 18.2 Å². The Kier molecular flexibility index (Phi) is 6.29. The van der Waals surface area contributed by atoms with E-state index in [0.717, 1.165) is 44.6 Å². The number of nitrogens with one attached hydrogen (secondary N) is 1. The second-order valence-electron chi connectivity index (χ2n) is 6.66. The minimum Gasteiger partial charge on any atom is -0.299 e. The Hall–Kier alpha value is -1.47. The zero-order chi connectivity index (χ0) is 18.6. The van der Waals surface area contributed by atoms with Gasteiger partial charge < -0.3 is 0 Å². The maximum atomic E-state index is 13.1. The zero-order valence-electron chi connectivity index (χ0n) is 14.4. The summed E-state index contributed by atoms with van der Waals surface area (Å²) in [7, 11) is -3.75. The fourth-order valence-electron chi connectivity index (χ4n) is 3.30. The van der Waals surface area contributed by atoms with Crippen LogP contribution in [0.1, 0.15) is 18.4 Å². The van der Waals surface area contributed by atoms with Crippen molar-refractivity contribution in [3.8, 4) is 0 Å². The Morgan fingerprint density at radius 3 is 2.69 bits per heavy atom. The van der Waals surface area contributed by atoms with Gasteiger partial charge in [-0.15, -0.1) is 0 Å². The van der Waals surface area contributed by atoms with Crippen molar-refractivity contribution in [3.63, 3.8) is 0 Å². The summed E-state index contributed by atoms with van der Waals surface area (Å²) in [6.45, 7) is 3.08. The highest BCUT2D eigenvalue weighted by Gasteiger charge is 2.24. The van der Waals surface area contributed by atoms with E-state index in [1.165, 1.54) is 11.6 Å². The molecule has 26 heavy (non-hydrogen) atoms. The number of nitrogens with zero attached hydrogens (tertiary/aromatic N) is 1. The standard InChI is InChI=1S/C19H22ClFN2O2S/c20-18-11-17(21)8-9-19(18)26(24,25)22-12-16-7-4-10-23(14-16)13-15-5-2-1-3-6-15/h1-3,5-6,8-9,11,16,22H,4,7,10,12-14H2. The molecule has 0 aliphatic carbocycles. The summed E-state index contributed by atoms with van der Waals surface area (Å²) < 4.78 is 40.7. The number of rotatable bonds is 6. The van der Waals surface area contributed by atoms with Crippen LogP contribution in [0, 0.1) is 11.7 Å². The molecule has 2 aromatic carbocycles. The second kappa shape index (κ2) is 8.48. The topological polar surface area (TPSA) is 49.4 Å². The van der Waals surface area contributed by atoms with Gasteiger partial charge in [0.05, 0.1) is 5.02 Å². The minimum absolute atomic E-state index is 0.0856. The third-order valence-corrected chi connectivity index (χ3v) is 6.50. The third kappa shape index (κ3) is 5.04. The van der Waals surface area contributed by atoms with Crippen molar-refractivity contribution in [2.24, 2.45) is 5.92 Å². The summed E-state index contributed by atoms with van der Waals surface area (Å²) in [5.41, 5.74) is 1.26. The van der Waals surface area contributed by atoms with Crippen molar-refractivity contribution in [1.29, 1.82) is 0 Å².